The van der Waals surface area contributed by atoms with Crippen LogP contribution in [-0.4, -0.2) is 53.6 Å². The zero-order valence-electron chi connectivity index (χ0n) is 27.5. The first-order chi connectivity index (χ1) is 23.0. The topological polar surface area (TPSA) is 135 Å². The van der Waals surface area contributed by atoms with Crippen molar-refractivity contribution >= 4 is 23.1 Å². The molecule has 0 saturated heterocycles. The van der Waals surface area contributed by atoms with Crippen molar-refractivity contribution in [2.75, 3.05) is 26.4 Å². The number of aliphatic hydroxyl groups excluding tert-OH is 2. The van der Waals surface area contributed by atoms with Crippen LogP contribution in [0.15, 0.2) is 72.6 Å². The number of nitrogens with two attached hydrogens (primary N) is 1. The van der Waals surface area contributed by atoms with Crippen molar-refractivity contribution in [1.82, 2.24) is 4.98 Å². The molecule has 2 atom stereocenters. The van der Waals surface area contributed by atoms with Gasteiger partial charge in [-0.2, -0.15) is 0 Å². The zero-order chi connectivity index (χ0) is 33.1. The summed E-state index contributed by atoms with van der Waals surface area (Å²) in [6, 6.07) is 10.8. The fraction of sp³-hybridized carbons (Fsp3) is 0.487. The third-order valence-electron chi connectivity index (χ3n) is 10.3. The SMILES string of the molecule is N/C=C\C=C1/CC(CCC(=O)OCCCCO)(CCC2(CCC(=O)OCCCCO)C3=C(CCC=C3)c3ccccc32)c2cc[nH]c21. The van der Waals surface area contributed by atoms with Crippen molar-refractivity contribution in [1.29, 1.82) is 0 Å². The number of ether oxygens (including phenoxy) is 2. The van der Waals surface area contributed by atoms with Crippen LogP contribution >= 0.6 is 0 Å². The molecule has 8 nitrogen and oxygen atoms in total. The van der Waals surface area contributed by atoms with E-state index in [2.05, 4.69) is 53.5 Å². The van der Waals surface area contributed by atoms with Crippen LogP contribution in [0.1, 0.15) is 106 Å². The van der Waals surface area contributed by atoms with E-state index in [4.69, 9.17) is 25.4 Å². The molecule has 1 heterocycles. The molecule has 0 amide bonds. The lowest BCUT2D eigenvalue weighted by Crippen LogP contribution is -2.33. The third-order valence-corrected chi connectivity index (χ3v) is 10.3. The van der Waals surface area contributed by atoms with E-state index in [1.807, 2.05) is 12.3 Å². The molecule has 0 spiro atoms. The summed E-state index contributed by atoms with van der Waals surface area (Å²) in [5.41, 5.74) is 13.7. The molecule has 2 unspecified atom stereocenters. The summed E-state index contributed by atoms with van der Waals surface area (Å²) in [7, 11) is 0. The van der Waals surface area contributed by atoms with E-state index in [1.54, 1.807) is 0 Å². The van der Waals surface area contributed by atoms with Gasteiger partial charge >= 0.3 is 11.9 Å². The monoisotopic (exact) mass is 642 g/mol. The standard InChI is InChI=1S/C39H50N2O6/c40-22-9-10-29-28-38(34-17-23-41-37(29)34,18-15-35(44)46-26-7-5-24-42)20-21-39(19-16-36(45)47-27-8-6-25-43)32-13-3-1-11-30(32)31-12-2-4-14-33(31)39/h1,3-4,9-11,13-14,17,22-23,41-43H,2,5-8,12,15-16,18-21,24-28,40H2/b22-9-,29-10+. The molecule has 252 valence electrons. The minimum Gasteiger partial charge on any atom is -0.466 e. The molecule has 5 N–H and O–H groups in total. The van der Waals surface area contributed by atoms with Crippen molar-refractivity contribution in [3.05, 3.63) is 95.0 Å². The van der Waals surface area contributed by atoms with Gasteiger partial charge in [-0.05, 0) is 122 Å². The first-order valence-corrected chi connectivity index (χ1v) is 17.3. The van der Waals surface area contributed by atoms with Gasteiger partial charge in [-0.1, -0.05) is 42.5 Å². The highest BCUT2D eigenvalue weighted by molar-refractivity contribution is 5.84. The molecule has 0 bridgehead atoms. The molecular weight excluding hydrogens is 592 g/mol. The van der Waals surface area contributed by atoms with Gasteiger partial charge in [0.1, 0.15) is 0 Å². The Hall–Kier alpha value is -3.88. The first-order valence-electron chi connectivity index (χ1n) is 17.3. The van der Waals surface area contributed by atoms with Gasteiger partial charge in [0, 0.05) is 48.8 Å². The Morgan fingerprint density at radius 2 is 1.62 bits per heavy atom. The van der Waals surface area contributed by atoms with Crippen LogP contribution in [0.5, 0.6) is 0 Å². The number of aromatic amines is 1. The van der Waals surface area contributed by atoms with Crippen molar-refractivity contribution in [3.8, 4) is 0 Å². The third kappa shape index (κ3) is 7.65. The van der Waals surface area contributed by atoms with Crippen molar-refractivity contribution in [2.45, 2.75) is 94.3 Å². The molecule has 1 aromatic heterocycles. The van der Waals surface area contributed by atoms with Crippen LogP contribution in [0.4, 0.5) is 0 Å². The smallest absolute Gasteiger partial charge is 0.305 e. The average Bonchev–Trinajstić information content (AvgIpc) is 3.77. The fourth-order valence-electron chi connectivity index (χ4n) is 7.93. The molecule has 1 aromatic carbocycles. The normalized spacial score (nSPS) is 22.1. The molecule has 5 rings (SSSR count). The van der Waals surface area contributed by atoms with E-state index in [0.717, 1.165) is 43.4 Å². The van der Waals surface area contributed by atoms with Gasteiger partial charge in [-0.3, -0.25) is 9.59 Å². The van der Waals surface area contributed by atoms with E-state index >= 15 is 0 Å². The molecule has 0 saturated carbocycles. The number of fused-ring (bicyclic) bond motifs is 3. The number of hydrogen-bond acceptors (Lipinski definition) is 7. The second kappa shape index (κ2) is 16.3. The molecular formula is C39H50N2O6. The zero-order valence-corrected chi connectivity index (χ0v) is 27.5. The minimum atomic E-state index is -0.370. The Labute approximate surface area is 278 Å². The lowest BCUT2D eigenvalue weighted by Gasteiger charge is -2.38. The summed E-state index contributed by atoms with van der Waals surface area (Å²) in [6.45, 7) is 0.807. The highest BCUT2D eigenvalue weighted by Gasteiger charge is 2.48. The largest absolute Gasteiger partial charge is 0.466 e. The number of unbranched alkanes of at least 4 members (excludes halogenated alkanes) is 2. The van der Waals surface area contributed by atoms with E-state index in [-0.39, 0.29) is 36.0 Å². The Kier molecular flexibility index (Phi) is 11.9. The van der Waals surface area contributed by atoms with Crippen molar-refractivity contribution in [2.24, 2.45) is 5.73 Å². The molecule has 0 aliphatic heterocycles. The van der Waals surface area contributed by atoms with Gasteiger partial charge in [0.05, 0.1) is 13.2 Å². The van der Waals surface area contributed by atoms with Gasteiger partial charge in [-0.15, -0.1) is 0 Å². The van der Waals surface area contributed by atoms with E-state index < -0.39 is 0 Å². The molecule has 3 aliphatic carbocycles. The number of aromatic nitrogens is 1. The van der Waals surface area contributed by atoms with Gasteiger partial charge in [0.2, 0.25) is 0 Å². The summed E-state index contributed by atoms with van der Waals surface area (Å²) < 4.78 is 11.1. The summed E-state index contributed by atoms with van der Waals surface area (Å²) in [5.74, 6) is -0.427. The second-order valence-electron chi connectivity index (χ2n) is 13.1. The van der Waals surface area contributed by atoms with Crippen LogP contribution in [0, 0.1) is 0 Å². The summed E-state index contributed by atoms with van der Waals surface area (Å²) in [5, 5.41) is 18.2. The second-order valence-corrected chi connectivity index (χ2v) is 13.1. The van der Waals surface area contributed by atoms with Crippen LogP contribution in [0.25, 0.3) is 11.1 Å². The predicted octanol–water partition coefficient (Wildman–Crippen LogP) is 6.54. The number of carbonyl (C=O) groups is 2. The summed E-state index contributed by atoms with van der Waals surface area (Å²) in [6.07, 6.45) is 20.7. The predicted molar refractivity (Wildman–Crippen MR) is 184 cm³/mol. The number of esters is 2. The quantitative estimate of drug-likeness (QED) is 0.107. The summed E-state index contributed by atoms with van der Waals surface area (Å²) >= 11 is 0. The molecule has 2 aromatic rings. The minimum absolute atomic E-state index is 0.0862. The van der Waals surface area contributed by atoms with E-state index in [9.17, 15) is 9.59 Å². The Morgan fingerprint density at radius 3 is 2.34 bits per heavy atom. The highest BCUT2D eigenvalue weighted by atomic mass is 16.5. The number of rotatable bonds is 18. The highest BCUT2D eigenvalue weighted by Crippen LogP contribution is 2.58. The molecule has 8 heteroatoms. The lowest BCUT2D eigenvalue weighted by molar-refractivity contribution is -0.145. The first kappa shape index (κ1) is 34.5. The van der Waals surface area contributed by atoms with Crippen LogP contribution < -0.4 is 5.73 Å². The van der Waals surface area contributed by atoms with Gasteiger partial charge in [-0.25, -0.2) is 0 Å². The van der Waals surface area contributed by atoms with Gasteiger partial charge in [0.25, 0.3) is 0 Å². The average molecular weight is 643 g/mol. The molecule has 47 heavy (non-hydrogen) atoms. The molecule has 3 aliphatic rings. The number of hydrogen-bond donors (Lipinski definition) is 4. The number of allylic oxidation sites excluding steroid dienone is 7. The van der Waals surface area contributed by atoms with Crippen molar-refractivity contribution < 1.29 is 29.3 Å². The van der Waals surface area contributed by atoms with E-state index in [1.165, 1.54) is 34.0 Å². The van der Waals surface area contributed by atoms with Crippen LogP contribution in [-0.2, 0) is 29.9 Å². The van der Waals surface area contributed by atoms with Crippen LogP contribution in [0.3, 0.4) is 0 Å². The fourth-order valence-corrected chi connectivity index (χ4v) is 7.93. The number of H-pyrrole nitrogens is 1. The van der Waals surface area contributed by atoms with Crippen LogP contribution in [0.2, 0.25) is 0 Å². The van der Waals surface area contributed by atoms with Gasteiger partial charge < -0.3 is 30.4 Å². The number of carbonyl (C=O) groups excluding carboxylic acids is 2. The Bertz CT molecular complexity index is 1520. The maximum absolute atomic E-state index is 13.1. The number of benzene rings is 1. The Morgan fingerprint density at radius 1 is 0.894 bits per heavy atom. The maximum Gasteiger partial charge on any atom is 0.305 e. The lowest BCUT2D eigenvalue weighted by atomic mass is 9.64. The van der Waals surface area contributed by atoms with Gasteiger partial charge in [0.15, 0.2) is 0 Å². The molecule has 0 fully saturated rings. The van der Waals surface area contributed by atoms with Crippen molar-refractivity contribution in [3.63, 3.8) is 0 Å². The summed E-state index contributed by atoms with van der Waals surface area (Å²) in [4.78, 5) is 29.5. The maximum atomic E-state index is 13.1. The number of aliphatic hydroxyl groups is 2. The Balaban J connectivity index is 1.46. The molecule has 0 radical (unpaired) electrons. The number of nitrogens with one attached hydrogen (secondary N) is 1. The van der Waals surface area contributed by atoms with E-state index in [0.29, 0.717) is 64.6 Å².